The number of benzene rings is 3. The summed E-state index contributed by atoms with van der Waals surface area (Å²) in [5.74, 6) is 0.142. The van der Waals surface area contributed by atoms with Crippen molar-refractivity contribution in [1.82, 2.24) is 0 Å². The van der Waals surface area contributed by atoms with E-state index in [1.54, 1.807) is 42.5 Å². The first-order valence-corrected chi connectivity index (χ1v) is 10.8. The van der Waals surface area contributed by atoms with E-state index in [9.17, 15) is 10.1 Å². The topological polar surface area (TPSA) is 94.6 Å². The third kappa shape index (κ3) is 4.79. The summed E-state index contributed by atoms with van der Waals surface area (Å²) in [5, 5.41) is 10.1. The molecule has 0 spiro atoms. The second-order valence-corrected chi connectivity index (χ2v) is 7.82. The van der Waals surface area contributed by atoms with Gasteiger partial charge in [0.1, 0.15) is 28.9 Å². The minimum atomic E-state index is -0.599. The molecule has 3 aromatic carbocycles. The van der Waals surface area contributed by atoms with E-state index in [4.69, 9.17) is 31.5 Å². The summed E-state index contributed by atoms with van der Waals surface area (Å²) in [4.78, 5) is 12.3. The predicted octanol–water partition coefficient (Wildman–Crippen LogP) is 5.10. The van der Waals surface area contributed by atoms with Crippen LogP contribution in [0.3, 0.4) is 0 Å². The first-order chi connectivity index (χ1) is 16.0. The maximum Gasteiger partial charge on any atom is 0.349 e. The zero-order valence-electron chi connectivity index (χ0n) is 17.9. The predicted molar refractivity (Wildman–Crippen MR) is 124 cm³/mol. The fourth-order valence-electron chi connectivity index (χ4n) is 3.65. The average molecular weight is 461 g/mol. The van der Waals surface area contributed by atoms with Crippen LogP contribution in [0.5, 0.6) is 17.2 Å². The number of para-hydroxylation sites is 1. The molecule has 33 heavy (non-hydrogen) atoms. The van der Waals surface area contributed by atoms with Crippen LogP contribution in [0.15, 0.2) is 78.2 Å². The summed E-state index contributed by atoms with van der Waals surface area (Å²) in [7, 11) is 0. The van der Waals surface area contributed by atoms with Gasteiger partial charge in [-0.3, -0.25) is 0 Å². The largest absolute Gasteiger partial charge is 0.480 e. The van der Waals surface area contributed by atoms with E-state index in [0.29, 0.717) is 22.1 Å². The summed E-state index contributed by atoms with van der Waals surface area (Å²) < 4.78 is 16.5. The van der Waals surface area contributed by atoms with Gasteiger partial charge in [0.25, 0.3) is 0 Å². The van der Waals surface area contributed by atoms with Crippen LogP contribution in [0.2, 0.25) is 5.02 Å². The smallest absolute Gasteiger partial charge is 0.349 e. The van der Waals surface area contributed by atoms with Crippen molar-refractivity contribution in [2.45, 2.75) is 19.3 Å². The second-order valence-electron chi connectivity index (χ2n) is 7.41. The van der Waals surface area contributed by atoms with Gasteiger partial charge in [-0.2, -0.15) is 5.26 Å². The van der Waals surface area contributed by atoms with Crippen molar-refractivity contribution in [3.63, 3.8) is 0 Å². The molecule has 166 valence electrons. The first kappa shape index (κ1) is 22.3. The molecule has 3 aromatic rings. The molecule has 0 saturated carbocycles. The minimum Gasteiger partial charge on any atom is -0.480 e. The van der Waals surface area contributed by atoms with Crippen LogP contribution in [0.25, 0.3) is 0 Å². The maximum absolute atomic E-state index is 12.3. The van der Waals surface area contributed by atoms with Crippen LogP contribution in [0.4, 0.5) is 0 Å². The monoisotopic (exact) mass is 460 g/mol. The third-order valence-corrected chi connectivity index (χ3v) is 5.64. The molecule has 0 aliphatic carbocycles. The molecule has 1 atom stereocenters. The molecule has 2 N–H and O–H groups in total. The molecular weight excluding hydrogens is 440 g/mol. The van der Waals surface area contributed by atoms with Crippen molar-refractivity contribution >= 4 is 17.6 Å². The van der Waals surface area contributed by atoms with E-state index in [0.717, 1.165) is 17.5 Å². The summed E-state index contributed by atoms with van der Waals surface area (Å²) in [5.41, 5.74) is 9.28. The quantitative estimate of drug-likeness (QED) is 0.406. The van der Waals surface area contributed by atoms with Crippen molar-refractivity contribution < 1.29 is 19.0 Å². The molecule has 1 aliphatic rings. The van der Waals surface area contributed by atoms with E-state index >= 15 is 0 Å². The van der Waals surface area contributed by atoms with Gasteiger partial charge in [-0.25, -0.2) is 4.79 Å². The molecule has 0 fully saturated rings. The number of fused-ring (bicyclic) bond motifs is 1. The number of carbonyl (C=O) groups is 1. The molecular formula is C26H21ClN2O4. The molecule has 4 rings (SSSR count). The number of nitrogens with zero attached hydrogens (tertiary/aromatic N) is 1. The molecule has 1 heterocycles. The lowest BCUT2D eigenvalue weighted by Gasteiger charge is -2.26. The number of allylic oxidation sites excluding steroid dienone is 1. The lowest BCUT2D eigenvalue weighted by Crippen LogP contribution is -2.21. The van der Waals surface area contributed by atoms with Crippen molar-refractivity contribution in [2.75, 3.05) is 6.61 Å². The SMILES string of the molecule is CCc1ccc(C2C(C#N)=C(N)Oc3cc(OC(=O)COc4ccccc4Cl)ccc32)cc1. The lowest BCUT2D eigenvalue weighted by atomic mass is 9.83. The summed E-state index contributed by atoms with van der Waals surface area (Å²) in [6.45, 7) is 1.77. The third-order valence-electron chi connectivity index (χ3n) is 5.33. The van der Waals surface area contributed by atoms with Gasteiger partial charge in [0.05, 0.1) is 10.9 Å². The Labute approximate surface area is 196 Å². The van der Waals surface area contributed by atoms with Crippen molar-refractivity contribution in [1.29, 1.82) is 5.26 Å². The van der Waals surface area contributed by atoms with Crippen molar-refractivity contribution in [3.05, 3.63) is 99.9 Å². The molecule has 0 bridgehead atoms. The summed E-state index contributed by atoms with van der Waals surface area (Å²) in [6, 6.07) is 22.1. The van der Waals surface area contributed by atoms with Crippen molar-refractivity contribution in [2.24, 2.45) is 5.73 Å². The molecule has 6 nitrogen and oxygen atoms in total. The molecule has 0 aromatic heterocycles. The zero-order valence-corrected chi connectivity index (χ0v) is 18.6. The number of rotatable bonds is 6. The van der Waals surface area contributed by atoms with E-state index in [-0.39, 0.29) is 24.2 Å². The first-order valence-electron chi connectivity index (χ1n) is 10.4. The summed E-state index contributed by atoms with van der Waals surface area (Å²) >= 11 is 6.03. The number of hydrogen-bond acceptors (Lipinski definition) is 6. The standard InChI is InChI=1S/C26H21ClN2O4/c1-2-16-7-9-17(10-8-16)25-19-12-11-18(13-23(19)33-26(29)20(25)14-28)32-24(30)15-31-22-6-4-3-5-21(22)27/h3-13,25H,2,15,29H2,1H3. The number of aryl methyl sites for hydroxylation is 1. The Bertz CT molecular complexity index is 1260. The number of halogens is 1. The molecule has 0 amide bonds. The highest BCUT2D eigenvalue weighted by molar-refractivity contribution is 6.32. The molecule has 1 unspecified atom stereocenters. The van der Waals surface area contributed by atoms with Gasteiger partial charge in [0, 0.05) is 11.6 Å². The van der Waals surface area contributed by atoms with Crippen LogP contribution in [-0.2, 0) is 11.2 Å². The van der Waals surface area contributed by atoms with Crippen molar-refractivity contribution in [3.8, 4) is 23.3 Å². The fourth-order valence-corrected chi connectivity index (χ4v) is 3.84. The minimum absolute atomic E-state index is 0.0279. The van der Waals surface area contributed by atoms with Crippen LogP contribution in [-0.4, -0.2) is 12.6 Å². The average Bonchev–Trinajstić information content (AvgIpc) is 2.82. The number of carbonyl (C=O) groups excluding carboxylic acids is 1. The van der Waals surface area contributed by atoms with E-state index in [1.807, 2.05) is 24.3 Å². The fraction of sp³-hybridized carbons (Fsp3) is 0.154. The van der Waals surface area contributed by atoms with Gasteiger partial charge in [-0.1, -0.05) is 61.0 Å². The molecule has 0 radical (unpaired) electrons. The van der Waals surface area contributed by atoms with Crippen LogP contribution >= 0.6 is 11.6 Å². The highest BCUT2D eigenvalue weighted by Gasteiger charge is 2.31. The maximum atomic E-state index is 12.3. The van der Waals surface area contributed by atoms with Crippen LogP contribution in [0, 0.1) is 11.3 Å². The highest BCUT2D eigenvalue weighted by Crippen LogP contribution is 2.43. The normalized spacial score (nSPS) is 14.6. The van der Waals surface area contributed by atoms with Gasteiger partial charge in [-0.15, -0.1) is 0 Å². The van der Waals surface area contributed by atoms with Gasteiger partial charge < -0.3 is 19.9 Å². The number of nitriles is 1. The number of ether oxygens (including phenoxy) is 3. The summed E-state index contributed by atoms with van der Waals surface area (Å²) in [6.07, 6.45) is 0.919. The number of esters is 1. The Morgan fingerprint density at radius 1 is 1.15 bits per heavy atom. The lowest BCUT2D eigenvalue weighted by molar-refractivity contribution is -0.136. The van der Waals surface area contributed by atoms with Crippen LogP contribution in [0.1, 0.15) is 29.5 Å². The number of hydrogen-bond donors (Lipinski definition) is 1. The Morgan fingerprint density at radius 2 is 1.91 bits per heavy atom. The van der Waals surface area contributed by atoms with E-state index < -0.39 is 5.97 Å². The van der Waals surface area contributed by atoms with Gasteiger partial charge in [0.15, 0.2) is 6.61 Å². The Balaban J connectivity index is 1.55. The Kier molecular flexibility index (Phi) is 6.53. The molecule has 1 aliphatic heterocycles. The zero-order chi connectivity index (χ0) is 23.4. The van der Waals surface area contributed by atoms with Gasteiger partial charge in [0.2, 0.25) is 5.88 Å². The van der Waals surface area contributed by atoms with E-state index in [2.05, 4.69) is 13.0 Å². The highest BCUT2D eigenvalue weighted by atomic mass is 35.5. The van der Waals surface area contributed by atoms with Crippen LogP contribution < -0.4 is 19.9 Å². The second kappa shape index (κ2) is 9.68. The Hall–Kier alpha value is -3.95. The van der Waals surface area contributed by atoms with E-state index in [1.165, 1.54) is 5.56 Å². The number of nitrogens with two attached hydrogens (primary N) is 1. The van der Waals surface area contributed by atoms with Gasteiger partial charge >= 0.3 is 5.97 Å². The molecule has 0 saturated heterocycles. The molecule has 7 heteroatoms. The van der Waals surface area contributed by atoms with Gasteiger partial charge in [-0.05, 0) is 35.7 Å². The Morgan fingerprint density at radius 3 is 2.61 bits per heavy atom.